The summed E-state index contributed by atoms with van der Waals surface area (Å²) in [6.45, 7) is 7.32. The van der Waals surface area contributed by atoms with E-state index in [0.717, 1.165) is 38.1 Å². The molecule has 2 unspecified atom stereocenters. The minimum atomic E-state index is -0.194. The van der Waals surface area contributed by atoms with E-state index in [2.05, 4.69) is 24.8 Å². The number of likely N-dealkylation sites (tertiary alicyclic amines) is 1. The van der Waals surface area contributed by atoms with E-state index in [1.165, 1.54) is 0 Å². The van der Waals surface area contributed by atoms with Crippen LogP contribution in [-0.4, -0.2) is 30.1 Å². The van der Waals surface area contributed by atoms with Gasteiger partial charge in [-0.1, -0.05) is 43.1 Å². The van der Waals surface area contributed by atoms with Crippen molar-refractivity contribution in [3.63, 3.8) is 0 Å². The summed E-state index contributed by atoms with van der Waals surface area (Å²) < 4.78 is 6.20. The summed E-state index contributed by atoms with van der Waals surface area (Å²) in [6.07, 6.45) is 2.19. The second-order valence-corrected chi connectivity index (χ2v) is 6.50. The van der Waals surface area contributed by atoms with E-state index in [1.807, 2.05) is 12.1 Å². The first-order valence-corrected chi connectivity index (χ1v) is 7.65. The third kappa shape index (κ3) is 1.92. The Labute approximate surface area is 124 Å². The maximum atomic E-state index is 6.20. The van der Waals surface area contributed by atoms with Crippen LogP contribution in [0.15, 0.2) is 18.2 Å². The predicted octanol–water partition coefficient (Wildman–Crippen LogP) is 4.09. The van der Waals surface area contributed by atoms with Crippen molar-refractivity contribution in [1.29, 1.82) is 0 Å². The molecule has 3 rings (SSSR count). The van der Waals surface area contributed by atoms with Gasteiger partial charge in [0.1, 0.15) is 5.60 Å². The van der Waals surface area contributed by atoms with E-state index >= 15 is 0 Å². The van der Waals surface area contributed by atoms with Gasteiger partial charge in [0.25, 0.3) is 0 Å². The smallest absolute Gasteiger partial charge is 0.108 e. The fourth-order valence-electron chi connectivity index (χ4n) is 3.64. The molecule has 0 spiro atoms. The van der Waals surface area contributed by atoms with Gasteiger partial charge in [-0.05, 0) is 30.7 Å². The Kier molecular flexibility index (Phi) is 3.33. The minimum Gasteiger partial charge on any atom is -0.367 e. The maximum Gasteiger partial charge on any atom is 0.108 e. The molecule has 2 heterocycles. The van der Waals surface area contributed by atoms with Gasteiger partial charge < -0.3 is 4.74 Å². The van der Waals surface area contributed by atoms with E-state index in [0.29, 0.717) is 10.0 Å². The number of hydrogen-bond acceptors (Lipinski definition) is 2. The number of morpholine rings is 1. The van der Waals surface area contributed by atoms with Crippen molar-refractivity contribution in [3.05, 3.63) is 33.8 Å². The van der Waals surface area contributed by atoms with E-state index in [9.17, 15) is 0 Å². The van der Waals surface area contributed by atoms with Crippen LogP contribution in [0.5, 0.6) is 0 Å². The molecule has 104 valence electrons. The average Bonchev–Trinajstić information content (AvgIpc) is 2.96. The third-order valence-electron chi connectivity index (χ3n) is 4.83. The first kappa shape index (κ1) is 13.7. The highest BCUT2D eigenvalue weighted by molar-refractivity contribution is 6.42. The van der Waals surface area contributed by atoms with Gasteiger partial charge in [-0.15, -0.1) is 0 Å². The van der Waals surface area contributed by atoms with Crippen LogP contribution in [0.3, 0.4) is 0 Å². The van der Waals surface area contributed by atoms with Crippen LogP contribution in [0.25, 0.3) is 0 Å². The van der Waals surface area contributed by atoms with Crippen molar-refractivity contribution < 1.29 is 4.74 Å². The molecule has 4 heteroatoms. The summed E-state index contributed by atoms with van der Waals surface area (Å²) in [4.78, 5) is 2.55. The SMILES string of the molecule is CCN1CC2(c3ccc(Cl)c(Cl)c3)CC1(CC)CO2. The van der Waals surface area contributed by atoms with Gasteiger partial charge in [-0.25, -0.2) is 0 Å². The molecule has 19 heavy (non-hydrogen) atoms. The number of rotatable bonds is 3. The molecule has 0 N–H and O–H groups in total. The van der Waals surface area contributed by atoms with E-state index in [-0.39, 0.29) is 11.1 Å². The Hall–Kier alpha value is -0.280. The number of ether oxygens (including phenoxy) is 1. The van der Waals surface area contributed by atoms with Crippen LogP contribution in [0.4, 0.5) is 0 Å². The predicted molar refractivity (Wildman–Crippen MR) is 79.0 cm³/mol. The lowest BCUT2D eigenvalue weighted by molar-refractivity contribution is -0.0695. The summed E-state index contributed by atoms with van der Waals surface area (Å²) in [5.41, 5.74) is 1.18. The molecule has 2 nitrogen and oxygen atoms in total. The molecule has 1 aromatic carbocycles. The normalized spacial score (nSPS) is 34.1. The fraction of sp³-hybridized carbons (Fsp3) is 0.600. The molecule has 0 radical (unpaired) electrons. The Balaban J connectivity index is 1.99. The van der Waals surface area contributed by atoms with Gasteiger partial charge in [0.05, 0.1) is 16.7 Å². The number of likely N-dealkylation sites (N-methyl/N-ethyl adjacent to an activating group) is 1. The molecular weight excluding hydrogens is 281 g/mol. The molecule has 2 atom stereocenters. The van der Waals surface area contributed by atoms with Gasteiger partial charge in [0.2, 0.25) is 0 Å². The third-order valence-corrected chi connectivity index (χ3v) is 5.57. The number of hydrogen-bond donors (Lipinski definition) is 0. The van der Waals surface area contributed by atoms with Crippen LogP contribution in [0.1, 0.15) is 32.3 Å². The lowest BCUT2D eigenvalue weighted by Gasteiger charge is -2.38. The highest BCUT2D eigenvalue weighted by Crippen LogP contribution is 2.52. The lowest BCUT2D eigenvalue weighted by Crippen LogP contribution is -2.49. The summed E-state index contributed by atoms with van der Waals surface area (Å²) in [6, 6.07) is 5.89. The first-order valence-electron chi connectivity index (χ1n) is 6.90. The van der Waals surface area contributed by atoms with Gasteiger partial charge in [-0.2, -0.15) is 0 Å². The Morgan fingerprint density at radius 1 is 1.26 bits per heavy atom. The first-order chi connectivity index (χ1) is 9.05. The monoisotopic (exact) mass is 299 g/mol. The van der Waals surface area contributed by atoms with Crippen LogP contribution in [-0.2, 0) is 10.3 Å². The number of halogens is 2. The molecule has 0 aromatic heterocycles. The largest absolute Gasteiger partial charge is 0.367 e. The zero-order valence-corrected chi connectivity index (χ0v) is 12.9. The van der Waals surface area contributed by atoms with Crippen molar-refractivity contribution in [1.82, 2.24) is 4.90 Å². The highest BCUT2D eigenvalue weighted by atomic mass is 35.5. The van der Waals surface area contributed by atoms with Crippen molar-refractivity contribution in [2.24, 2.45) is 0 Å². The van der Waals surface area contributed by atoms with Crippen LogP contribution in [0.2, 0.25) is 10.0 Å². The second kappa shape index (κ2) is 4.63. The molecular formula is C15H19Cl2NO. The van der Waals surface area contributed by atoms with Crippen molar-refractivity contribution in [3.8, 4) is 0 Å². The Bertz CT molecular complexity index is 507. The fourth-order valence-corrected chi connectivity index (χ4v) is 3.94. The van der Waals surface area contributed by atoms with E-state index in [1.54, 1.807) is 0 Å². The van der Waals surface area contributed by atoms with Gasteiger partial charge in [-0.3, -0.25) is 4.90 Å². The lowest BCUT2D eigenvalue weighted by atomic mass is 9.87. The molecule has 0 amide bonds. The van der Waals surface area contributed by atoms with E-state index in [4.69, 9.17) is 27.9 Å². The summed E-state index contributed by atoms with van der Waals surface area (Å²) >= 11 is 12.2. The van der Waals surface area contributed by atoms with Crippen molar-refractivity contribution in [2.75, 3.05) is 19.7 Å². The van der Waals surface area contributed by atoms with Crippen LogP contribution < -0.4 is 0 Å². The van der Waals surface area contributed by atoms with Crippen LogP contribution in [0, 0.1) is 0 Å². The average molecular weight is 300 g/mol. The molecule has 2 saturated heterocycles. The molecule has 0 aliphatic carbocycles. The Morgan fingerprint density at radius 2 is 2.05 bits per heavy atom. The zero-order valence-electron chi connectivity index (χ0n) is 11.4. The molecule has 2 aliphatic rings. The summed E-state index contributed by atoms with van der Waals surface area (Å²) in [5.74, 6) is 0. The second-order valence-electron chi connectivity index (χ2n) is 5.68. The van der Waals surface area contributed by atoms with Crippen molar-refractivity contribution >= 4 is 23.2 Å². The van der Waals surface area contributed by atoms with E-state index < -0.39 is 0 Å². The molecule has 2 bridgehead atoms. The van der Waals surface area contributed by atoms with Gasteiger partial charge in [0, 0.05) is 18.5 Å². The van der Waals surface area contributed by atoms with Crippen molar-refractivity contribution in [2.45, 2.75) is 37.8 Å². The van der Waals surface area contributed by atoms with Gasteiger partial charge in [0.15, 0.2) is 0 Å². The molecule has 2 fully saturated rings. The summed E-state index contributed by atoms with van der Waals surface area (Å²) in [5, 5.41) is 1.22. The molecule has 1 aromatic rings. The zero-order chi connectivity index (χ0) is 13.7. The number of fused-ring (bicyclic) bond motifs is 2. The quantitative estimate of drug-likeness (QED) is 0.833. The standard InChI is InChI=1S/C15H19Cl2NO/c1-3-14-8-15(19-10-14,9-18(14)4-2)11-5-6-12(16)13(17)7-11/h5-7H,3-4,8-10H2,1-2H3. The summed E-state index contributed by atoms with van der Waals surface area (Å²) in [7, 11) is 0. The van der Waals surface area contributed by atoms with Crippen LogP contribution >= 0.6 is 23.2 Å². The number of nitrogens with zero attached hydrogens (tertiary/aromatic N) is 1. The van der Waals surface area contributed by atoms with Gasteiger partial charge >= 0.3 is 0 Å². The Morgan fingerprint density at radius 3 is 2.63 bits per heavy atom. The number of benzene rings is 1. The molecule has 2 aliphatic heterocycles. The topological polar surface area (TPSA) is 12.5 Å². The highest BCUT2D eigenvalue weighted by Gasteiger charge is 2.59. The minimum absolute atomic E-state index is 0.194. The maximum absolute atomic E-state index is 6.20. The molecule has 0 saturated carbocycles.